The Hall–Kier alpha value is -4.31. The van der Waals surface area contributed by atoms with E-state index in [1.54, 1.807) is 21.9 Å². The fourth-order valence-electron chi connectivity index (χ4n) is 9.26. The molecule has 2 heterocycles. The molecule has 2 amide bonds. The summed E-state index contributed by atoms with van der Waals surface area (Å²) in [6.07, 6.45) is 7.75. The zero-order chi connectivity index (χ0) is 36.7. The largest absolute Gasteiger partial charge is 0.393 e. The van der Waals surface area contributed by atoms with Crippen molar-refractivity contribution in [3.8, 4) is 0 Å². The Balaban J connectivity index is 1.04. The van der Waals surface area contributed by atoms with Gasteiger partial charge in [-0.05, 0) is 90.5 Å². The number of nitrogens with zero attached hydrogens (tertiary/aromatic N) is 4. The zero-order valence-electron chi connectivity index (χ0n) is 30.4. The fourth-order valence-corrected chi connectivity index (χ4v) is 9.26. The van der Waals surface area contributed by atoms with E-state index in [-0.39, 0.29) is 48.4 Å². The molecular weight excluding hydrogens is 647 g/mol. The highest BCUT2D eigenvalue weighted by atomic mass is 19.1. The first-order valence-corrected chi connectivity index (χ1v) is 18.3. The Bertz CT molecular complexity index is 1990. The van der Waals surface area contributed by atoms with Gasteiger partial charge in [0.15, 0.2) is 0 Å². The quantitative estimate of drug-likeness (QED) is 0.247. The third-order valence-corrected chi connectivity index (χ3v) is 12.3. The molecule has 4 atom stereocenters. The van der Waals surface area contributed by atoms with Gasteiger partial charge in [0.25, 0.3) is 5.56 Å². The lowest BCUT2D eigenvalue weighted by Gasteiger charge is -2.59. The summed E-state index contributed by atoms with van der Waals surface area (Å²) >= 11 is 0. The Kier molecular flexibility index (Phi) is 10.3. The summed E-state index contributed by atoms with van der Waals surface area (Å²) in [5.41, 5.74) is 1.11. The molecule has 51 heavy (non-hydrogen) atoms. The second-order valence-electron chi connectivity index (χ2n) is 15.9. The van der Waals surface area contributed by atoms with Crippen LogP contribution in [0.4, 0.5) is 4.39 Å². The predicted molar refractivity (Wildman–Crippen MR) is 197 cm³/mol. The van der Waals surface area contributed by atoms with Gasteiger partial charge in [-0.3, -0.25) is 23.5 Å². The number of aliphatic hydroxyl groups is 1. The van der Waals surface area contributed by atoms with Crippen LogP contribution in [0.25, 0.3) is 10.8 Å². The van der Waals surface area contributed by atoms with Crippen LogP contribution < -0.4 is 11.2 Å². The molecule has 1 saturated heterocycles. The van der Waals surface area contributed by atoms with Crippen molar-refractivity contribution in [2.45, 2.75) is 85.4 Å². The second kappa shape index (κ2) is 14.4. The number of allylic oxidation sites excluding steroid dienone is 2. The van der Waals surface area contributed by atoms with E-state index in [1.165, 1.54) is 5.57 Å². The number of carbonyl (C=O) groups is 2. The number of piperazine rings is 1. The number of amides is 2. The van der Waals surface area contributed by atoms with Gasteiger partial charge in [0.05, 0.1) is 18.8 Å². The lowest BCUT2D eigenvalue weighted by molar-refractivity contribution is -0.137. The van der Waals surface area contributed by atoms with Crippen LogP contribution in [0.3, 0.4) is 0 Å². The minimum Gasteiger partial charge on any atom is -0.393 e. The molecule has 2 saturated carbocycles. The van der Waals surface area contributed by atoms with E-state index >= 15 is 0 Å². The maximum atomic E-state index is 14.7. The first kappa shape index (κ1) is 36.5. The van der Waals surface area contributed by atoms with Crippen LogP contribution in [0, 0.1) is 28.5 Å². The van der Waals surface area contributed by atoms with Crippen molar-refractivity contribution in [3.63, 3.8) is 0 Å². The van der Waals surface area contributed by atoms with E-state index in [9.17, 15) is 28.7 Å². The van der Waals surface area contributed by atoms with Crippen LogP contribution in [-0.4, -0.2) is 68.1 Å². The Labute approximate surface area is 299 Å². The Morgan fingerprint density at radius 3 is 2.41 bits per heavy atom. The summed E-state index contributed by atoms with van der Waals surface area (Å²) < 4.78 is 16.5. The van der Waals surface area contributed by atoms with E-state index in [1.807, 2.05) is 43.3 Å². The van der Waals surface area contributed by atoms with Gasteiger partial charge in [-0.25, -0.2) is 4.79 Å². The highest BCUT2D eigenvalue weighted by molar-refractivity contribution is 5.88. The number of hydrogen-bond acceptors (Lipinski definition) is 5. The third-order valence-electron chi connectivity index (χ3n) is 12.3. The Morgan fingerprint density at radius 1 is 1.00 bits per heavy atom. The number of halogens is 1. The zero-order valence-corrected chi connectivity index (χ0v) is 30.4. The minimum absolute atomic E-state index is 0.0800. The molecule has 2 aromatic carbocycles. The molecule has 1 aromatic heterocycles. The normalized spacial score (nSPS) is 25.2. The van der Waals surface area contributed by atoms with Crippen LogP contribution >= 0.6 is 0 Å². The summed E-state index contributed by atoms with van der Waals surface area (Å²) in [5.74, 6) is -0.816. The SMILES string of the molecule is C=C1CC[C@@H]2C(C)(C)[C@H](O)CC[C@@]2(C)[C@@H]1CC/C(C)=C/C(=O)N1CCN(C(=O)Cn2cc(F)c(=O)n(Cc3ccc4ccccc4c3)c2=O)CC1. The summed E-state index contributed by atoms with van der Waals surface area (Å²) in [5, 5.41) is 12.7. The van der Waals surface area contributed by atoms with Gasteiger partial charge in [0.2, 0.25) is 17.6 Å². The van der Waals surface area contributed by atoms with Crippen molar-refractivity contribution < 1.29 is 19.1 Å². The molecule has 2 aliphatic carbocycles. The van der Waals surface area contributed by atoms with Crippen molar-refractivity contribution in [2.24, 2.45) is 22.7 Å². The average Bonchev–Trinajstić information content (AvgIpc) is 3.10. The second-order valence-corrected chi connectivity index (χ2v) is 15.9. The fraction of sp³-hybridized carbons (Fsp3) is 0.512. The van der Waals surface area contributed by atoms with E-state index in [0.29, 0.717) is 30.5 Å². The number of carbonyl (C=O) groups excluding carboxylic acids is 2. The number of benzene rings is 2. The molecule has 0 unspecified atom stereocenters. The lowest BCUT2D eigenvalue weighted by atomic mass is 9.46. The molecule has 6 rings (SSSR count). The molecule has 0 spiro atoms. The van der Waals surface area contributed by atoms with Crippen molar-refractivity contribution >= 4 is 22.6 Å². The molecule has 3 aromatic rings. The standard InChI is InChI=1S/C41H51FN4O5/c1-27(10-14-32-28(2)11-15-34-40(3,4)35(47)16-17-41(32,34)5)22-36(48)43-18-20-44(21-19-43)37(49)26-45-25-33(42)38(50)46(39(45)51)24-29-12-13-30-8-6-7-9-31(30)23-29/h6-9,12-13,22-23,25,32,34-35,47H,2,10-11,14-21,24,26H2,1,3-5H3/b27-22+/t32-,34-,35-,41+/m1/s1. The highest BCUT2D eigenvalue weighted by Crippen LogP contribution is 2.61. The summed E-state index contributed by atoms with van der Waals surface area (Å²) in [7, 11) is 0. The Morgan fingerprint density at radius 2 is 1.69 bits per heavy atom. The average molecular weight is 699 g/mol. The first-order valence-electron chi connectivity index (χ1n) is 18.3. The molecule has 1 N–H and O–H groups in total. The first-order chi connectivity index (χ1) is 24.2. The molecule has 10 heteroatoms. The van der Waals surface area contributed by atoms with E-state index < -0.39 is 23.6 Å². The third kappa shape index (κ3) is 7.25. The van der Waals surface area contributed by atoms with Crippen molar-refractivity contribution in [3.05, 3.63) is 105 Å². The molecule has 3 aliphatic rings. The molecule has 9 nitrogen and oxygen atoms in total. The molecule has 0 radical (unpaired) electrons. The number of aliphatic hydroxyl groups excluding tert-OH is 1. The van der Waals surface area contributed by atoms with Gasteiger partial charge < -0.3 is 14.9 Å². The number of aromatic nitrogens is 2. The van der Waals surface area contributed by atoms with Crippen LogP contribution in [-0.2, 0) is 22.7 Å². The van der Waals surface area contributed by atoms with E-state index in [4.69, 9.17) is 0 Å². The van der Waals surface area contributed by atoms with Crippen LogP contribution in [0.1, 0.15) is 71.8 Å². The van der Waals surface area contributed by atoms with E-state index in [0.717, 1.165) is 70.2 Å². The van der Waals surface area contributed by atoms with Crippen molar-refractivity contribution in [1.29, 1.82) is 0 Å². The van der Waals surface area contributed by atoms with Crippen molar-refractivity contribution in [2.75, 3.05) is 26.2 Å². The lowest BCUT2D eigenvalue weighted by Crippen LogP contribution is -2.54. The predicted octanol–water partition coefficient (Wildman–Crippen LogP) is 5.52. The number of rotatable bonds is 8. The molecule has 272 valence electrons. The topological polar surface area (TPSA) is 105 Å². The van der Waals surface area contributed by atoms with Crippen LogP contribution in [0.15, 0.2) is 82.1 Å². The van der Waals surface area contributed by atoms with Gasteiger partial charge in [0, 0.05) is 32.3 Å². The smallest absolute Gasteiger partial charge is 0.331 e. The highest BCUT2D eigenvalue weighted by Gasteiger charge is 2.55. The molecule has 0 bridgehead atoms. The molecular formula is C41H51FN4O5. The van der Waals surface area contributed by atoms with Gasteiger partial charge in [-0.2, -0.15) is 4.39 Å². The van der Waals surface area contributed by atoms with Crippen LogP contribution in [0.5, 0.6) is 0 Å². The minimum atomic E-state index is -1.11. The van der Waals surface area contributed by atoms with Gasteiger partial charge in [-0.1, -0.05) is 74.9 Å². The van der Waals surface area contributed by atoms with Gasteiger partial charge in [0.1, 0.15) is 6.54 Å². The molecule has 1 aliphatic heterocycles. The number of hydrogen-bond donors (Lipinski definition) is 1. The summed E-state index contributed by atoms with van der Waals surface area (Å²) in [6, 6.07) is 13.2. The van der Waals surface area contributed by atoms with Crippen molar-refractivity contribution in [1.82, 2.24) is 18.9 Å². The monoisotopic (exact) mass is 698 g/mol. The van der Waals surface area contributed by atoms with Gasteiger partial charge >= 0.3 is 5.69 Å². The van der Waals surface area contributed by atoms with E-state index in [2.05, 4.69) is 27.4 Å². The maximum Gasteiger partial charge on any atom is 0.331 e. The maximum absolute atomic E-state index is 14.7. The van der Waals surface area contributed by atoms with Gasteiger partial charge in [-0.15, -0.1) is 0 Å². The summed E-state index contributed by atoms with van der Waals surface area (Å²) in [4.78, 5) is 55.7. The summed E-state index contributed by atoms with van der Waals surface area (Å²) in [6.45, 7) is 14.0. The number of fused-ring (bicyclic) bond motifs is 2. The molecule has 3 fully saturated rings. The van der Waals surface area contributed by atoms with Crippen LogP contribution in [0.2, 0.25) is 0 Å².